The van der Waals surface area contributed by atoms with Crippen molar-refractivity contribution in [2.45, 2.75) is 27.0 Å². The van der Waals surface area contributed by atoms with E-state index in [2.05, 4.69) is 35.6 Å². The summed E-state index contributed by atoms with van der Waals surface area (Å²) < 4.78 is 14.8. The minimum absolute atomic E-state index is 0. The molecule has 1 aromatic carbocycles. The van der Waals surface area contributed by atoms with Gasteiger partial charge >= 0.3 is 51.4 Å². The number of rotatable bonds is 6. The van der Waals surface area contributed by atoms with Gasteiger partial charge in [0.05, 0.1) is 6.20 Å². The average molecular weight is 483 g/mol. The van der Waals surface area contributed by atoms with E-state index < -0.39 is 5.91 Å². The van der Waals surface area contributed by atoms with Crippen LogP contribution in [-0.4, -0.2) is 40.8 Å². The summed E-state index contributed by atoms with van der Waals surface area (Å²) in [6.45, 7) is 1.79. The molecule has 0 bridgehead atoms. The van der Waals surface area contributed by atoms with Crippen LogP contribution >= 0.6 is 23.5 Å². The first-order valence-electron chi connectivity index (χ1n) is 8.64. The zero-order chi connectivity index (χ0) is 21.1. The molecule has 0 unspecified atom stereocenters. The second kappa shape index (κ2) is 10.8. The molecule has 3 heterocycles. The van der Waals surface area contributed by atoms with Gasteiger partial charge in [-0.15, -0.1) is 5.10 Å². The SMILES string of the molecule is Cc1nc(Sc2cnc(Sc3ccc(F)cc3)c(C(=O)Nc3ccn(C)n3)n2)n[nH]1.[H-].[K+]. The number of halogens is 1. The molecule has 0 atom stereocenters. The molecule has 31 heavy (non-hydrogen) atoms. The number of amides is 1. The predicted octanol–water partition coefficient (Wildman–Crippen LogP) is 0.447. The molecule has 4 rings (SSSR count). The summed E-state index contributed by atoms with van der Waals surface area (Å²) in [7, 11) is 1.75. The van der Waals surface area contributed by atoms with Gasteiger partial charge < -0.3 is 6.74 Å². The number of carbonyl (C=O) groups excluding carboxylic acids is 1. The van der Waals surface area contributed by atoms with Gasteiger partial charge in [-0.3, -0.25) is 14.6 Å². The van der Waals surface area contributed by atoms with Crippen molar-refractivity contribution in [3.05, 3.63) is 60.1 Å². The molecule has 1 amide bonds. The van der Waals surface area contributed by atoms with Gasteiger partial charge in [0.2, 0.25) is 5.16 Å². The largest absolute Gasteiger partial charge is 1.00 e. The molecule has 0 saturated heterocycles. The van der Waals surface area contributed by atoms with Gasteiger partial charge in [-0.1, -0.05) is 11.8 Å². The van der Waals surface area contributed by atoms with E-state index in [0.29, 0.717) is 26.9 Å². The third-order valence-corrected chi connectivity index (χ3v) is 5.46. The van der Waals surface area contributed by atoms with Crippen molar-refractivity contribution in [2.75, 3.05) is 5.32 Å². The number of carbonyl (C=O) groups is 1. The van der Waals surface area contributed by atoms with Crippen LogP contribution in [0.2, 0.25) is 0 Å². The van der Waals surface area contributed by atoms with Crippen molar-refractivity contribution in [3.8, 4) is 0 Å². The smallest absolute Gasteiger partial charge is 1.00 e. The average Bonchev–Trinajstić information content (AvgIpc) is 3.32. The Bertz CT molecular complexity index is 1200. The van der Waals surface area contributed by atoms with Crippen molar-refractivity contribution in [2.24, 2.45) is 7.05 Å². The Balaban J connectivity index is 0.00000181. The summed E-state index contributed by atoms with van der Waals surface area (Å²) in [5.74, 6) is 0.262. The molecule has 0 aliphatic heterocycles. The monoisotopic (exact) mass is 482 g/mol. The van der Waals surface area contributed by atoms with E-state index >= 15 is 0 Å². The van der Waals surface area contributed by atoms with E-state index in [1.807, 2.05) is 0 Å². The van der Waals surface area contributed by atoms with Gasteiger partial charge in [-0.05, 0) is 43.0 Å². The van der Waals surface area contributed by atoms with Crippen LogP contribution in [0.5, 0.6) is 0 Å². The van der Waals surface area contributed by atoms with E-state index in [9.17, 15) is 9.18 Å². The molecule has 4 aromatic rings. The molecule has 0 aliphatic rings. The quantitative estimate of drug-likeness (QED) is 0.381. The van der Waals surface area contributed by atoms with Gasteiger partial charge in [-0.25, -0.2) is 19.3 Å². The van der Waals surface area contributed by atoms with Gasteiger partial charge in [0.1, 0.15) is 21.7 Å². The number of benzene rings is 1. The maximum absolute atomic E-state index is 13.2. The fourth-order valence-corrected chi connectivity index (χ4v) is 3.91. The molecule has 9 nitrogen and oxygen atoms in total. The van der Waals surface area contributed by atoms with Crippen LogP contribution in [0.15, 0.2) is 62.8 Å². The Morgan fingerprint density at radius 1 is 1.19 bits per heavy atom. The van der Waals surface area contributed by atoms with Crippen molar-refractivity contribution in [3.63, 3.8) is 0 Å². The fraction of sp³-hybridized carbons (Fsp3) is 0.111. The molecule has 0 aliphatic carbocycles. The third-order valence-electron chi connectivity index (χ3n) is 3.69. The van der Waals surface area contributed by atoms with E-state index in [4.69, 9.17) is 0 Å². The van der Waals surface area contributed by atoms with E-state index in [0.717, 1.165) is 4.90 Å². The van der Waals surface area contributed by atoms with Crippen molar-refractivity contribution in [1.29, 1.82) is 0 Å². The predicted molar refractivity (Wildman–Crippen MR) is 110 cm³/mol. The van der Waals surface area contributed by atoms with Gasteiger partial charge in [0.25, 0.3) is 5.91 Å². The van der Waals surface area contributed by atoms with Crippen LogP contribution < -0.4 is 56.7 Å². The summed E-state index contributed by atoms with van der Waals surface area (Å²) >= 11 is 2.39. The van der Waals surface area contributed by atoms with E-state index in [1.165, 1.54) is 35.7 Å². The van der Waals surface area contributed by atoms with Gasteiger partial charge in [-0.2, -0.15) is 5.10 Å². The van der Waals surface area contributed by atoms with E-state index in [1.54, 1.807) is 49.2 Å². The van der Waals surface area contributed by atoms with Crippen molar-refractivity contribution < 1.29 is 62.0 Å². The number of aromatic amines is 1. The Morgan fingerprint density at radius 3 is 2.61 bits per heavy atom. The Kier molecular flexibility index (Phi) is 8.38. The maximum Gasteiger partial charge on any atom is 1.00 e. The summed E-state index contributed by atoms with van der Waals surface area (Å²) in [6.07, 6.45) is 3.26. The number of hydrogen-bond donors (Lipinski definition) is 2. The third kappa shape index (κ3) is 6.44. The first-order valence-corrected chi connectivity index (χ1v) is 10.3. The zero-order valence-corrected chi connectivity index (χ0v) is 21.6. The Labute approximate surface area is 229 Å². The minimum atomic E-state index is -0.459. The second-order valence-electron chi connectivity index (χ2n) is 6.05. The zero-order valence-electron chi connectivity index (χ0n) is 17.8. The van der Waals surface area contributed by atoms with Crippen LogP contribution in [0.1, 0.15) is 17.7 Å². The molecule has 0 radical (unpaired) electrons. The number of hydrogen-bond acceptors (Lipinski definition) is 8. The maximum atomic E-state index is 13.2. The van der Waals surface area contributed by atoms with Gasteiger partial charge in [0, 0.05) is 24.2 Å². The number of aromatic nitrogens is 7. The van der Waals surface area contributed by atoms with Crippen LogP contribution in [0, 0.1) is 12.7 Å². The standard InChI is InChI=1S/C18H15FN8OS2.K.H/c1-10-21-18(25-24-10)30-14-9-20-17(29-12-5-3-11(19)4-6-12)15(23-14)16(28)22-13-7-8-27(2)26-13;;/h3-9H,1-2H3,(H,21,24,25)(H,22,26,28);;/q;+1;-1. The first kappa shape index (κ1) is 24.0. The summed E-state index contributed by atoms with van der Waals surface area (Å²) in [4.78, 5) is 26.7. The van der Waals surface area contributed by atoms with Gasteiger partial charge in [0.15, 0.2) is 11.5 Å². The van der Waals surface area contributed by atoms with Crippen molar-refractivity contribution in [1.82, 2.24) is 34.9 Å². The minimum Gasteiger partial charge on any atom is -1.00 e. The molecule has 154 valence electrons. The van der Waals surface area contributed by atoms with Crippen LogP contribution in [-0.2, 0) is 7.05 Å². The molecule has 0 saturated carbocycles. The number of nitrogens with zero attached hydrogens (tertiary/aromatic N) is 6. The fourth-order valence-electron chi connectivity index (χ4n) is 2.37. The molecule has 0 fully saturated rings. The molecular formula is C18H16FKN8OS2. The van der Waals surface area contributed by atoms with Crippen LogP contribution in [0.4, 0.5) is 10.2 Å². The molecule has 2 N–H and O–H groups in total. The second-order valence-corrected chi connectivity index (χ2v) is 8.10. The molecule has 3 aromatic heterocycles. The Morgan fingerprint density at radius 2 is 1.97 bits per heavy atom. The number of nitrogens with one attached hydrogen (secondary N) is 2. The van der Waals surface area contributed by atoms with Crippen LogP contribution in [0.25, 0.3) is 0 Å². The molecule has 13 heteroatoms. The number of aryl methyl sites for hydroxylation is 2. The topological polar surface area (TPSA) is 114 Å². The number of H-pyrrole nitrogens is 1. The van der Waals surface area contributed by atoms with E-state index in [-0.39, 0.29) is 64.3 Å². The van der Waals surface area contributed by atoms with Crippen molar-refractivity contribution >= 4 is 35.2 Å². The van der Waals surface area contributed by atoms with Crippen LogP contribution in [0.3, 0.4) is 0 Å². The molecule has 0 spiro atoms. The summed E-state index contributed by atoms with van der Waals surface area (Å²) in [5, 5.41) is 15.0. The summed E-state index contributed by atoms with van der Waals surface area (Å²) in [5.41, 5.74) is 0.118. The number of anilines is 1. The first-order chi connectivity index (χ1) is 14.5. The summed E-state index contributed by atoms with van der Waals surface area (Å²) in [6, 6.07) is 7.59. The molecular weight excluding hydrogens is 466 g/mol. The Hall–Kier alpha value is -1.61. The normalized spacial score (nSPS) is 10.5.